The molecule has 20 heavy (non-hydrogen) atoms. The van der Waals surface area contributed by atoms with E-state index in [-0.39, 0.29) is 6.04 Å². The van der Waals surface area contributed by atoms with Crippen molar-refractivity contribution in [2.24, 2.45) is 5.73 Å². The first-order chi connectivity index (χ1) is 9.58. The van der Waals surface area contributed by atoms with E-state index < -0.39 is 0 Å². The Labute approximate surface area is 134 Å². The van der Waals surface area contributed by atoms with Gasteiger partial charge in [0.1, 0.15) is 11.5 Å². The number of benzene rings is 2. The van der Waals surface area contributed by atoms with Crippen LogP contribution in [-0.2, 0) is 6.42 Å². The predicted octanol–water partition coefficient (Wildman–Crippen LogP) is 4.67. The van der Waals surface area contributed by atoms with Crippen molar-refractivity contribution in [2.75, 3.05) is 0 Å². The zero-order valence-electron chi connectivity index (χ0n) is 11.9. The SMILES string of the molecule is CCC(N)Cc1ccc(C)c(Oc2cccc(I)c2)c1. The van der Waals surface area contributed by atoms with Crippen molar-refractivity contribution in [2.45, 2.75) is 32.7 Å². The van der Waals surface area contributed by atoms with E-state index in [1.165, 1.54) is 9.13 Å². The van der Waals surface area contributed by atoms with Gasteiger partial charge in [-0.15, -0.1) is 0 Å². The summed E-state index contributed by atoms with van der Waals surface area (Å²) in [6.07, 6.45) is 1.88. The van der Waals surface area contributed by atoms with Gasteiger partial charge in [-0.25, -0.2) is 0 Å². The molecule has 0 aromatic heterocycles. The summed E-state index contributed by atoms with van der Waals surface area (Å²) in [5, 5.41) is 0. The van der Waals surface area contributed by atoms with Gasteiger partial charge in [0.25, 0.3) is 0 Å². The van der Waals surface area contributed by atoms with E-state index >= 15 is 0 Å². The maximum Gasteiger partial charge on any atom is 0.130 e. The molecule has 0 aliphatic heterocycles. The van der Waals surface area contributed by atoms with Crippen LogP contribution < -0.4 is 10.5 Å². The number of aryl methyl sites for hydroxylation is 1. The third kappa shape index (κ3) is 4.21. The number of halogens is 1. The van der Waals surface area contributed by atoms with Crippen LogP contribution in [-0.4, -0.2) is 6.04 Å². The van der Waals surface area contributed by atoms with E-state index in [2.05, 4.69) is 60.7 Å². The lowest BCUT2D eigenvalue weighted by Crippen LogP contribution is -2.21. The Balaban J connectivity index is 2.20. The van der Waals surface area contributed by atoms with Gasteiger partial charge in [0.15, 0.2) is 0 Å². The van der Waals surface area contributed by atoms with Crippen LogP contribution in [0.25, 0.3) is 0 Å². The minimum absolute atomic E-state index is 0.211. The number of hydrogen-bond donors (Lipinski definition) is 1. The summed E-state index contributed by atoms with van der Waals surface area (Å²) in [7, 11) is 0. The quantitative estimate of drug-likeness (QED) is 0.764. The average molecular weight is 381 g/mol. The number of ether oxygens (including phenoxy) is 1. The molecular weight excluding hydrogens is 361 g/mol. The highest BCUT2D eigenvalue weighted by molar-refractivity contribution is 14.1. The van der Waals surface area contributed by atoms with Crippen LogP contribution in [0.15, 0.2) is 42.5 Å². The van der Waals surface area contributed by atoms with Crippen LogP contribution >= 0.6 is 22.6 Å². The zero-order chi connectivity index (χ0) is 14.5. The van der Waals surface area contributed by atoms with Crippen molar-refractivity contribution in [3.63, 3.8) is 0 Å². The number of hydrogen-bond acceptors (Lipinski definition) is 2. The lowest BCUT2D eigenvalue weighted by molar-refractivity contribution is 0.477. The summed E-state index contributed by atoms with van der Waals surface area (Å²) in [6, 6.07) is 14.6. The molecule has 0 saturated carbocycles. The molecule has 0 fully saturated rings. The van der Waals surface area contributed by atoms with E-state index in [0.717, 1.165) is 29.9 Å². The Bertz CT molecular complexity index is 583. The fourth-order valence-corrected chi connectivity index (χ4v) is 2.50. The van der Waals surface area contributed by atoms with Gasteiger partial charge in [0.05, 0.1) is 0 Å². The van der Waals surface area contributed by atoms with Crippen molar-refractivity contribution < 1.29 is 4.74 Å². The summed E-state index contributed by atoms with van der Waals surface area (Å²) in [6.45, 7) is 4.18. The standard InChI is InChI=1S/C17H20INO/c1-3-15(19)9-13-8-7-12(2)17(10-13)20-16-6-4-5-14(18)11-16/h4-8,10-11,15H,3,9,19H2,1-2H3. The van der Waals surface area contributed by atoms with Crippen molar-refractivity contribution in [3.8, 4) is 11.5 Å². The molecule has 3 heteroatoms. The van der Waals surface area contributed by atoms with E-state index in [4.69, 9.17) is 10.5 Å². The summed E-state index contributed by atoms with van der Waals surface area (Å²) in [4.78, 5) is 0. The van der Waals surface area contributed by atoms with E-state index in [1.807, 2.05) is 18.2 Å². The Morgan fingerprint density at radius 3 is 2.70 bits per heavy atom. The molecule has 106 valence electrons. The Morgan fingerprint density at radius 2 is 2.00 bits per heavy atom. The molecule has 0 aliphatic carbocycles. The monoisotopic (exact) mass is 381 g/mol. The van der Waals surface area contributed by atoms with Crippen molar-refractivity contribution in [1.29, 1.82) is 0 Å². The van der Waals surface area contributed by atoms with Gasteiger partial charge in [-0.05, 0) is 77.7 Å². The molecule has 0 bridgehead atoms. The highest BCUT2D eigenvalue weighted by Gasteiger charge is 2.06. The second-order valence-electron chi connectivity index (χ2n) is 5.03. The minimum Gasteiger partial charge on any atom is -0.457 e. The molecule has 0 aliphatic rings. The van der Waals surface area contributed by atoms with Crippen LogP contribution in [0.2, 0.25) is 0 Å². The molecule has 2 aromatic rings. The van der Waals surface area contributed by atoms with Crippen molar-refractivity contribution in [3.05, 3.63) is 57.2 Å². The lowest BCUT2D eigenvalue weighted by Gasteiger charge is -2.13. The van der Waals surface area contributed by atoms with Gasteiger partial charge >= 0.3 is 0 Å². The first kappa shape index (κ1) is 15.3. The summed E-state index contributed by atoms with van der Waals surface area (Å²) in [5.74, 6) is 1.78. The van der Waals surface area contributed by atoms with E-state index in [9.17, 15) is 0 Å². The molecule has 2 rings (SSSR count). The van der Waals surface area contributed by atoms with Crippen LogP contribution in [0.5, 0.6) is 11.5 Å². The van der Waals surface area contributed by atoms with E-state index in [1.54, 1.807) is 0 Å². The molecule has 1 unspecified atom stereocenters. The number of rotatable bonds is 5. The average Bonchev–Trinajstić information content (AvgIpc) is 2.42. The predicted molar refractivity (Wildman–Crippen MR) is 92.4 cm³/mol. The summed E-state index contributed by atoms with van der Waals surface area (Å²) >= 11 is 2.29. The molecule has 0 saturated heterocycles. The molecule has 2 nitrogen and oxygen atoms in total. The molecule has 2 N–H and O–H groups in total. The molecular formula is C17H20INO. The third-order valence-corrected chi connectivity index (χ3v) is 3.97. The second kappa shape index (κ2) is 7.09. The van der Waals surface area contributed by atoms with Gasteiger partial charge in [-0.2, -0.15) is 0 Å². The number of nitrogens with two attached hydrogens (primary N) is 1. The molecule has 2 aromatic carbocycles. The Kier molecular flexibility index (Phi) is 5.43. The first-order valence-electron chi connectivity index (χ1n) is 6.87. The van der Waals surface area contributed by atoms with Gasteiger partial charge in [0.2, 0.25) is 0 Å². The van der Waals surface area contributed by atoms with Crippen molar-refractivity contribution >= 4 is 22.6 Å². The fourth-order valence-electron chi connectivity index (χ4n) is 1.99. The highest BCUT2D eigenvalue weighted by atomic mass is 127. The zero-order valence-corrected chi connectivity index (χ0v) is 14.1. The maximum absolute atomic E-state index is 6.02. The largest absolute Gasteiger partial charge is 0.457 e. The third-order valence-electron chi connectivity index (χ3n) is 3.30. The minimum atomic E-state index is 0.211. The Morgan fingerprint density at radius 1 is 1.20 bits per heavy atom. The molecule has 0 heterocycles. The van der Waals surface area contributed by atoms with Crippen molar-refractivity contribution in [1.82, 2.24) is 0 Å². The highest BCUT2D eigenvalue weighted by Crippen LogP contribution is 2.27. The molecule has 0 amide bonds. The van der Waals surface area contributed by atoms with Gasteiger partial charge in [0, 0.05) is 9.61 Å². The topological polar surface area (TPSA) is 35.2 Å². The van der Waals surface area contributed by atoms with Crippen LogP contribution in [0, 0.1) is 10.5 Å². The lowest BCUT2D eigenvalue weighted by atomic mass is 10.0. The van der Waals surface area contributed by atoms with Gasteiger partial charge < -0.3 is 10.5 Å². The van der Waals surface area contributed by atoms with Crippen LogP contribution in [0.1, 0.15) is 24.5 Å². The second-order valence-corrected chi connectivity index (χ2v) is 6.28. The molecule has 1 atom stereocenters. The van der Waals surface area contributed by atoms with Crippen LogP contribution in [0.3, 0.4) is 0 Å². The first-order valence-corrected chi connectivity index (χ1v) is 7.95. The van der Waals surface area contributed by atoms with Gasteiger partial charge in [-0.1, -0.05) is 25.1 Å². The molecule has 0 spiro atoms. The summed E-state index contributed by atoms with van der Waals surface area (Å²) in [5.41, 5.74) is 8.39. The van der Waals surface area contributed by atoms with Gasteiger partial charge in [-0.3, -0.25) is 0 Å². The van der Waals surface area contributed by atoms with E-state index in [0.29, 0.717) is 0 Å². The smallest absolute Gasteiger partial charge is 0.130 e. The maximum atomic E-state index is 6.02. The summed E-state index contributed by atoms with van der Waals surface area (Å²) < 4.78 is 7.17. The van der Waals surface area contributed by atoms with Crippen LogP contribution in [0.4, 0.5) is 0 Å². The fraction of sp³-hybridized carbons (Fsp3) is 0.294. The Hall–Kier alpha value is -1.07. The normalized spacial score (nSPS) is 12.2. The molecule has 0 radical (unpaired) electrons.